The van der Waals surface area contributed by atoms with E-state index >= 15 is 0 Å². The number of thiocarbonyl (C=S) groups is 1. The van der Waals surface area contributed by atoms with Crippen LogP contribution in [-0.2, 0) is 16.2 Å². The molecule has 3 rings (SSSR count). The molecule has 0 aliphatic carbocycles. The van der Waals surface area contributed by atoms with Gasteiger partial charge < -0.3 is 4.74 Å². The highest BCUT2D eigenvalue weighted by molar-refractivity contribution is 7.80. The molecule has 2 aromatic carbocycles. The van der Waals surface area contributed by atoms with Gasteiger partial charge in [0.1, 0.15) is 17.9 Å². The summed E-state index contributed by atoms with van der Waals surface area (Å²) in [5.41, 5.74) is 2.03. The van der Waals surface area contributed by atoms with Gasteiger partial charge in [0, 0.05) is 12.1 Å². The first-order chi connectivity index (χ1) is 14.0. The van der Waals surface area contributed by atoms with Gasteiger partial charge in [-0.2, -0.15) is 5.26 Å². The molecule has 0 bridgehead atoms. The van der Waals surface area contributed by atoms with E-state index in [4.69, 9.17) is 22.2 Å². The Morgan fingerprint density at radius 3 is 2.59 bits per heavy atom. The molecule has 2 amide bonds. The predicted molar refractivity (Wildman–Crippen MR) is 113 cm³/mol. The van der Waals surface area contributed by atoms with Gasteiger partial charge in [0.05, 0.1) is 11.6 Å². The van der Waals surface area contributed by atoms with E-state index in [1.807, 2.05) is 12.1 Å². The fraction of sp³-hybridized carbons (Fsp3) is 0.0909. The second-order valence-electron chi connectivity index (χ2n) is 6.15. The maximum absolute atomic E-state index is 12.5. The van der Waals surface area contributed by atoms with Gasteiger partial charge in [-0.05, 0) is 42.1 Å². The number of hydrogen-bond acceptors (Lipinski definition) is 5. The van der Waals surface area contributed by atoms with Crippen LogP contribution in [0.25, 0.3) is 6.08 Å². The highest BCUT2D eigenvalue weighted by Crippen LogP contribution is 2.19. The Morgan fingerprint density at radius 1 is 1.17 bits per heavy atom. The Labute approximate surface area is 173 Å². The van der Waals surface area contributed by atoms with Crippen LogP contribution in [0.2, 0.25) is 0 Å². The molecule has 29 heavy (non-hydrogen) atoms. The molecule has 1 saturated heterocycles. The molecule has 0 saturated carbocycles. The third kappa shape index (κ3) is 4.57. The van der Waals surface area contributed by atoms with Crippen LogP contribution in [0, 0.1) is 11.3 Å². The van der Waals surface area contributed by atoms with Crippen molar-refractivity contribution in [2.45, 2.75) is 6.61 Å². The number of nitrogens with zero attached hydrogens (tertiary/aromatic N) is 2. The van der Waals surface area contributed by atoms with Crippen molar-refractivity contribution in [2.24, 2.45) is 0 Å². The van der Waals surface area contributed by atoms with Crippen LogP contribution in [-0.4, -0.2) is 28.4 Å². The molecule has 1 N–H and O–H groups in total. The van der Waals surface area contributed by atoms with Gasteiger partial charge in [0.15, 0.2) is 5.11 Å². The molecule has 0 atom stereocenters. The van der Waals surface area contributed by atoms with Gasteiger partial charge in [-0.25, -0.2) is 0 Å². The van der Waals surface area contributed by atoms with Crippen LogP contribution in [0.3, 0.4) is 0 Å². The van der Waals surface area contributed by atoms with E-state index in [-0.39, 0.29) is 23.8 Å². The molecular formula is C22H17N3O3S. The fourth-order valence-electron chi connectivity index (χ4n) is 2.73. The lowest BCUT2D eigenvalue weighted by Gasteiger charge is -2.27. The van der Waals surface area contributed by atoms with E-state index in [9.17, 15) is 9.59 Å². The van der Waals surface area contributed by atoms with Gasteiger partial charge in [-0.15, -0.1) is 6.58 Å². The highest BCUT2D eigenvalue weighted by atomic mass is 32.1. The van der Waals surface area contributed by atoms with E-state index in [1.165, 1.54) is 17.1 Å². The summed E-state index contributed by atoms with van der Waals surface area (Å²) in [5.74, 6) is -0.394. The summed E-state index contributed by atoms with van der Waals surface area (Å²) in [6, 6.07) is 16.3. The quantitative estimate of drug-likeness (QED) is 0.347. The molecule has 6 nitrogen and oxygen atoms in total. The molecule has 2 aromatic rings. The van der Waals surface area contributed by atoms with Gasteiger partial charge in [0.2, 0.25) is 0 Å². The standard InChI is InChI=1S/C22H17N3O3S/c1-2-11-25-21(27)19(20(26)24-22(25)29)12-15-7-9-18(10-8-15)28-14-17-6-4-3-5-16(17)13-23/h2-10,12H,1,11,14H2,(H,24,26,29)/b19-12-. The Bertz CT molecular complexity index is 1050. The maximum atomic E-state index is 12.5. The van der Waals surface area contributed by atoms with Crippen molar-refractivity contribution >= 4 is 35.2 Å². The Hall–Kier alpha value is -3.76. The lowest BCUT2D eigenvalue weighted by atomic mass is 10.1. The Balaban J connectivity index is 1.73. The number of carbonyl (C=O) groups is 2. The Morgan fingerprint density at radius 2 is 1.90 bits per heavy atom. The first kappa shape index (κ1) is 20.0. The normalized spacial score (nSPS) is 15.1. The van der Waals surface area contributed by atoms with E-state index in [1.54, 1.807) is 36.4 Å². The molecule has 0 unspecified atom stereocenters. The van der Waals surface area contributed by atoms with Crippen molar-refractivity contribution in [3.05, 3.63) is 83.4 Å². The van der Waals surface area contributed by atoms with Crippen molar-refractivity contribution in [3.8, 4) is 11.8 Å². The molecule has 144 valence electrons. The zero-order valence-electron chi connectivity index (χ0n) is 15.4. The molecule has 1 aliphatic rings. The topological polar surface area (TPSA) is 82.4 Å². The monoisotopic (exact) mass is 403 g/mol. The average molecular weight is 403 g/mol. The maximum Gasteiger partial charge on any atom is 0.265 e. The number of benzene rings is 2. The van der Waals surface area contributed by atoms with Crippen LogP contribution in [0.5, 0.6) is 5.75 Å². The van der Waals surface area contributed by atoms with E-state index in [0.29, 0.717) is 16.9 Å². The van der Waals surface area contributed by atoms with Crippen LogP contribution in [0.15, 0.2) is 66.8 Å². The lowest BCUT2D eigenvalue weighted by molar-refractivity contribution is -0.128. The molecular weight excluding hydrogens is 386 g/mol. The average Bonchev–Trinajstić information content (AvgIpc) is 2.73. The van der Waals surface area contributed by atoms with Crippen molar-refractivity contribution in [2.75, 3.05) is 6.54 Å². The first-order valence-corrected chi connectivity index (χ1v) is 9.15. The fourth-order valence-corrected chi connectivity index (χ4v) is 2.98. The molecule has 1 heterocycles. The minimum atomic E-state index is -0.534. The van der Waals surface area contributed by atoms with Gasteiger partial charge in [-0.1, -0.05) is 36.4 Å². The van der Waals surface area contributed by atoms with Crippen LogP contribution >= 0.6 is 12.2 Å². The van der Waals surface area contributed by atoms with Crippen LogP contribution in [0.4, 0.5) is 0 Å². The second-order valence-corrected chi connectivity index (χ2v) is 6.54. The molecule has 7 heteroatoms. The summed E-state index contributed by atoms with van der Waals surface area (Å²) in [6.07, 6.45) is 3.04. The summed E-state index contributed by atoms with van der Waals surface area (Å²) in [7, 11) is 0. The zero-order valence-corrected chi connectivity index (χ0v) is 16.2. The number of amides is 2. The molecule has 0 aromatic heterocycles. The highest BCUT2D eigenvalue weighted by Gasteiger charge is 2.32. The summed E-state index contributed by atoms with van der Waals surface area (Å²) in [5, 5.41) is 11.7. The molecule has 1 fully saturated rings. The summed E-state index contributed by atoms with van der Waals surface area (Å²) in [6.45, 7) is 4.07. The van der Waals surface area contributed by atoms with Gasteiger partial charge in [0.25, 0.3) is 11.8 Å². The SMILES string of the molecule is C=CCN1C(=O)/C(=C\c2ccc(OCc3ccccc3C#N)cc2)C(=O)NC1=S. The van der Waals surface area contributed by atoms with Gasteiger partial charge >= 0.3 is 0 Å². The van der Waals surface area contributed by atoms with Crippen molar-refractivity contribution in [3.63, 3.8) is 0 Å². The van der Waals surface area contributed by atoms with Crippen molar-refractivity contribution < 1.29 is 14.3 Å². The minimum absolute atomic E-state index is 0.00272. The van der Waals surface area contributed by atoms with E-state index in [0.717, 1.165) is 5.56 Å². The van der Waals surface area contributed by atoms with E-state index < -0.39 is 11.8 Å². The third-order valence-corrected chi connectivity index (χ3v) is 4.54. The van der Waals surface area contributed by atoms with Crippen LogP contribution in [0.1, 0.15) is 16.7 Å². The van der Waals surface area contributed by atoms with Crippen molar-refractivity contribution in [1.82, 2.24) is 10.2 Å². The number of nitrogens with one attached hydrogen (secondary N) is 1. The van der Waals surface area contributed by atoms with Crippen molar-refractivity contribution in [1.29, 1.82) is 5.26 Å². The number of hydrogen-bond donors (Lipinski definition) is 1. The number of rotatable bonds is 6. The number of carbonyl (C=O) groups excluding carboxylic acids is 2. The summed E-state index contributed by atoms with van der Waals surface area (Å²) in [4.78, 5) is 26.0. The number of nitriles is 1. The summed E-state index contributed by atoms with van der Waals surface area (Å²) < 4.78 is 5.73. The minimum Gasteiger partial charge on any atom is -0.489 e. The van der Waals surface area contributed by atoms with Gasteiger partial charge in [-0.3, -0.25) is 19.8 Å². The number of ether oxygens (including phenoxy) is 1. The lowest BCUT2D eigenvalue weighted by Crippen LogP contribution is -2.53. The van der Waals surface area contributed by atoms with Crippen LogP contribution < -0.4 is 10.1 Å². The Kier molecular flexibility index (Phi) is 6.17. The molecule has 0 spiro atoms. The third-order valence-electron chi connectivity index (χ3n) is 4.22. The summed E-state index contributed by atoms with van der Waals surface area (Å²) >= 11 is 5.03. The molecule has 0 radical (unpaired) electrons. The largest absolute Gasteiger partial charge is 0.489 e. The first-order valence-electron chi connectivity index (χ1n) is 8.74. The predicted octanol–water partition coefficient (Wildman–Crippen LogP) is 2.95. The molecule has 1 aliphatic heterocycles. The van der Waals surface area contributed by atoms with E-state index in [2.05, 4.69) is 18.0 Å². The smallest absolute Gasteiger partial charge is 0.265 e. The second kappa shape index (κ2) is 8.95. The zero-order chi connectivity index (χ0) is 20.8.